The molecule has 0 saturated heterocycles. The Balaban J connectivity index is 1.70. The zero-order valence-corrected chi connectivity index (χ0v) is 13.4. The fourth-order valence-corrected chi connectivity index (χ4v) is 3.48. The number of carbonyl (C=O) groups is 1. The van der Waals surface area contributed by atoms with Crippen LogP contribution < -0.4 is 5.32 Å². The minimum Gasteiger partial charge on any atom is -0.310 e. The second-order valence-corrected chi connectivity index (χ2v) is 7.42. The number of benzene rings is 1. The highest BCUT2D eigenvalue weighted by atomic mass is 35.5. The third kappa shape index (κ3) is 2.31. The average molecular weight is 336 g/mol. The summed E-state index contributed by atoms with van der Waals surface area (Å²) in [7, 11) is 0. The highest BCUT2D eigenvalue weighted by Crippen LogP contribution is 2.53. The van der Waals surface area contributed by atoms with E-state index in [-0.39, 0.29) is 11.8 Å². The fraction of sp³-hybridized carbons (Fsp3) is 0.375. The summed E-state index contributed by atoms with van der Waals surface area (Å²) in [6.45, 7) is 0. The van der Waals surface area contributed by atoms with Crippen LogP contribution in [-0.4, -0.2) is 20.0 Å². The second-order valence-electron chi connectivity index (χ2n) is 5.88. The van der Waals surface area contributed by atoms with Crippen LogP contribution in [-0.2, 0) is 17.6 Å². The minimum absolute atomic E-state index is 0.128. The summed E-state index contributed by atoms with van der Waals surface area (Å²) in [6, 6.07) is 9.82. The molecular formula is C16H15Cl2N3O. The van der Waals surface area contributed by atoms with Gasteiger partial charge in [0.25, 0.3) is 0 Å². The highest BCUT2D eigenvalue weighted by molar-refractivity contribution is 6.52. The van der Waals surface area contributed by atoms with E-state index >= 15 is 0 Å². The number of alkyl halides is 2. The zero-order chi connectivity index (χ0) is 15.3. The van der Waals surface area contributed by atoms with E-state index in [1.54, 1.807) is 0 Å². The first-order valence-electron chi connectivity index (χ1n) is 7.41. The highest BCUT2D eigenvalue weighted by Gasteiger charge is 2.56. The van der Waals surface area contributed by atoms with Crippen molar-refractivity contribution in [1.29, 1.82) is 0 Å². The smallest absolute Gasteiger partial charge is 0.231 e. The Morgan fingerprint density at radius 3 is 2.68 bits per heavy atom. The van der Waals surface area contributed by atoms with Gasteiger partial charge in [0.2, 0.25) is 5.91 Å². The van der Waals surface area contributed by atoms with E-state index in [4.69, 9.17) is 23.2 Å². The van der Waals surface area contributed by atoms with Gasteiger partial charge in [-0.1, -0.05) is 18.2 Å². The number of halogens is 2. The largest absolute Gasteiger partial charge is 0.310 e. The van der Waals surface area contributed by atoms with E-state index in [1.165, 1.54) is 0 Å². The van der Waals surface area contributed by atoms with Gasteiger partial charge < -0.3 is 5.32 Å². The summed E-state index contributed by atoms with van der Waals surface area (Å²) < 4.78 is 0.902. The maximum absolute atomic E-state index is 12.4. The molecule has 1 atom stereocenters. The van der Waals surface area contributed by atoms with Crippen LogP contribution in [0.4, 0.5) is 5.82 Å². The Morgan fingerprint density at radius 1 is 1.27 bits per heavy atom. The summed E-state index contributed by atoms with van der Waals surface area (Å²) in [5.41, 5.74) is 3.14. The number of carbonyl (C=O) groups excluding carboxylic acids is 1. The molecule has 2 aliphatic carbocycles. The van der Waals surface area contributed by atoms with Crippen LogP contribution >= 0.6 is 23.2 Å². The number of nitrogens with one attached hydrogen (secondary N) is 1. The van der Waals surface area contributed by atoms with Gasteiger partial charge in [-0.15, -0.1) is 23.2 Å². The number of fused-ring (bicyclic) bond motifs is 1. The molecule has 1 fully saturated rings. The topological polar surface area (TPSA) is 46.9 Å². The predicted molar refractivity (Wildman–Crippen MR) is 86.8 cm³/mol. The third-order valence-corrected chi connectivity index (χ3v) is 5.13. The molecule has 1 heterocycles. The van der Waals surface area contributed by atoms with Crippen LogP contribution in [0, 0.1) is 5.92 Å². The molecular weight excluding hydrogens is 321 g/mol. The molecule has 0 spiro atoms. The van der Waals surface area contributed by atoms with Crippen LogP contribution in [0.15, 0.2) is 30.3 Å². The van der Waals surface area contributed by atoms with Gasteiger partial charge in [-0.25, -0.2) is 4.68 Å². The van der Waals surface area contributed by atoms with Gasteiger partial charge in [0.05, 0.1) is 17.3 Å². The third-order valence-electron chi connectivity index (χ3n) is 4.29. The first-order valence-corrected chi connectivity index (χ1v) is 8.17. The molecule has 114 valence electrons. The lowest BCUT2D eigenvalue weighted by molar-refractivity contribution is -0.117. The molecule has 4 nitrogen and oxygen atoms in total. The number of aromatic nitrogens is 2. The summed E-state index contributed by atoms with van der Waals surface area (Å²) in [5, 5.41) is 7.67. The quantitative estimate of drug-likeness (QED) is 0.872. The van der Waals surface area contributed by atoms with Crippen molar-refractivity contribution in [2.75, 3.05) is 5.32 Å². The van der Waals surface area contributed by atoms with Crippen LogP contribution in [0.5, 0.6) is 0 Å². The van der Waals surface area contributed by atoms with Crippen molar-refractivity contribution in [2.24, 2.45) is 5.92 Å². The van der Waals surface area contributed by atoms with Crippen molar-refractivity contribution >= 4 is 34.9 Å². The molecule has 22 heavy (non-hydrogen) atoms. The first kappa shape index (κ1) is 14.1. The van der Waals surface area contributed by atoms with E-state index < -0.39 is 4.33 Å². The Kier molecular flexibility index (Phi) is 3.20. The fourth-order valence-electron chi connectivity index (χ4n) is 2.98. The second kappa shape index (κ2) is 5.00. The van der Waals surface area contributed by atoms with Crippen LogP contribution in [0.25, 0.3) is 5.69 Å². The molecule has 4 rings (SSSR count). The molecule has 1 N–H and O–H groups in total. The zero-order valence-electron chi connectivity index (χ0n) is 11.9. The van der Waals surface area contributed by atoms with Gasteiger partial charge in [-0.05, 0) is 37.8 Å². The monoisotopic (exact) mass is 335 g/mol. The van der Waals surface area contributed by atoms with Crippen molar-refractivity contribution in [1.82, 2.24) is 9.78 Å². The normalized spacial score (nSPS) is 21.5. The van der Waals surface area contributed by atoms with Crippen molar-refractivity contribution < 1.29 is 4.79 Å². The molecule has 1 aromatic carbocycles. The van der Waals surface area contributed by atoms with Crippen molar-refractivity contribution in [3.63, 3.8) is 0 Å². The van der Waals surface area contributed by atoms with Gasteiger partial charge in [-0.3, -0.25) is 4.79 Å². The van der Waals surface area contributed by atoms with Gasteiger partial charge >= 0.3 is 0 Å². The Morgan fingerprint density at radius 2 is 2.00 bits per heavy atom. The summed E-state index contributed by atoms with van der Waals surface area (Å²) in [4.78, 5) is 12.4. The van der Waals surface area contributed by atoms with E-state index in [9.17, 15) is 4.79 Å². The molecule has 6 heteroatoms. The molecule has 1 saturated carbocycles. The number of anilines is 1. The van der Waals surface area contributed by atoms with Gasteiger partial charge in [0.15, 0.2) is 0 Å². The van der Waals surface area contributed by atoms with Crippen LogP contribution in [0.3, 0.4) is 0 Å². The van der Waals surface area contributed by atoms with Gasteiger partial charge in [0, 0.05) is 5.56 Å². The lowest BCUT2D eigenvalue weighted by atomic mass is 10.2. The van der Waals surface area contributed by atoms with E-state index in [0.717, 1.165) is 42.0 Å². The minimum atomic E-state index is -0.912. The number of rotatable bonds is 3. The number of para-hydroxylation sites is 1. The maximum atomic E-state index is 12.4. The predicted octanol–water partition coefficient (Wildman–Crippen LogP) is 3.49. The molecule has 0 aliphatic heterocycles. The average Bonchev–Trinajstić information content (AvgIpc) is 2.87. The molecule has 2 aromatic rings. The van der Waals surface area contributed by atoms with E-state index in [1.807, 2.05) is 35.0 Å². The number of amides is 1. The number of nitrogens with zero attached hydrogens (tertiary/aromatic N) is 2. The summed E-state index contributed by atoms with van der Waals surface area (Å²) in [6.07, 6.45) is 3.48. The summed E-state index contributed by atoms with van der Waals surface area (Å²) in [5.74, 6) is 0.295. The Bertz CT molecular complexity index is 739. The maximum Gasteiger partial charge on any atom is 0.231 e. The van der Waals surface area contributed by atoms with Gasteiger partial charge in [0.1, 0.15) is 10.2 Å². The van der Waals surface area contributed by atoms with Crippen molar-refractivity contribution in [2.45, 2.75) is 30.0 Å². The van der Waals surface area contributed by atoms with Crippen molar-refractivity contribution in [3.8, 4) is 5.69 Å². The number of aryl methyl sites for hydroxylation is 1. The van der Waals surface area contributed by atoms with E-state index in [0.29, 0.717) is 6.42 Å². The standard InChI is InChI=1S/C16H15Cl2N3O/c17-16(18)9-12(16)15(22)19-14-11-7-4-8-13(11)20-21(14)10-5-2-1-3-6-10/h1-3,5-6,12H,4,7-9H2,(H,19,22). The van der Waals surface area contributed by atoms with Gasteiger partial charge in [-0.2, -0.15) is 5.10 Å². The first-order chi connectivity index (χ1) is 10.6. The molecule has 1 aromatic heterocycles. The number of hydrogen-bond donors (Lipinski definition) is 1. The molecule has 0 bridgehead atoms. The molecule has 2 aliphatic rings. The lowest BCUT2D eigenvalue weighted by Gasteiger charge is -2.11. The number of hydrogen-bond acceptors (Lipinski definition) is 2. The van der Waals surface area contributed by atoms with Crippen LogP contribution in [0.2, 0.25) is 0 Å². The SMILES string of the molecule is O=C(Nc1c2c(nn1-c1ccccc1)CCC2)C1CC1(Cl)Cl. The molecule has 1 unspecified atom stereocenters. The Labute approximate surface area is 138 Å². The summed E-state index contributed by atoms with van der Waals surface area (Å²) >= 11 is 12.0. The van der Waals surface area contributed by atoms with Crippen LogP contribution in [0.1, 0.15) is 24.1 Å². The van der Waals surface area contributed by atoms with Crippen molar-refractivity contribution in [3.05, 3.63) is 41.6 Å². The molecule has 1 amide bonds. The Hall–Kier alpha value is -1.52. The molecule has 0 radical (unpaired) electrons. The lowest BCUT2D eigenvalue weighted by Crippen LogP contribution is -2.20. The van der Waals surface area contributed by atoms with E-state index in [2.05, 4.69) is 10.4 Å².